The van der Waals surface area contributed by atoms with Crippen molar-refractivity contribution in [1.29, 1.82) is 0 Å². The van der Waals surface area contributed by atoms with Crippen LogP contribution in [0.25, 0.3) is 21.7 Å². The van der Waals surface area contributed by atoms with Gasteiger partial charge in [-0.3, -0.25) is 14.5 Å². The van der Waals surface area contributed by atoms with E-state index in [9.17, 15) is 4.79 Å². The van der Waals surface area contributed by atoms with Crippen molar-refractivity contribution in [3.63, 3.8) is 0 Å². The standard InChI is InChI=1S/C17H13BrN6OS/c1-10-12(18)8-20-24(10)9-14(25)21-15-11-5-7-26-17(11)23-16(22-15)13-4-2-3-6-19-13/h2-8H,9H2,1H3,(H,21,22,23,25). The van der Waals surface area contributed by atoms with Crippen LogP contribution in [0.3, 0.4) is 0 Å². The van der Waals surface area contributed by atoms with Gasteiger partial charge in [0.1, 0.15) is 22.9 Å². The van der Waals surface area contributed by atoms with E-state index in [1.54, 1.807) is 17.1 Å². The van der Waals surface area contributed by atoms with Crippen molar-refractivity contribution in [3.8, 4) is 11.5 Å². The van der Waals surface area contributed by atoms with Gasteiger partial charge in [-0.15, -0.1) is 11.3 Å². The van der Waals surface area contributed by atoms with Crippen LogP contribution in [0, 0.1) is 6.92 Å². The number of rotatable bonds is 4. The summed E-state index contributed by atoms with van der Waals surface area (Å²) in [6.45, 7) is 2.00. The molecule has 0 bridgehead atoms. The second-order valence-corrected chi connectivity index (χ2v) is 7.28. The molecule has 7 nitrogen and oxygen atoms in total. The third kappa shape index (κ3) is 3.23. The normalized spacial score (nSPS) is 11.0. The van der Waals surface area contributed by atoms with Crippen LogP contribution in [0.4, 0.5) is 5.82 Å². The highest BCUT2D eigenvalue weighted by molar-refractivity contribution is 9.10. The van der Waals surface area contributed by atoms with Gasteiger partial charge in [0.15, 0.2) is 5.82 Å². The van der Waals surface area contributed by atoms with Crippen molar-refractivity contribution < 1.29 is 4.79 Å². The first-order chi connectivity index (χ1) is 12.6. The maximum Gasteiger partial charge on any atom is 0.247 e. The summed E-state index contributed by atoms with van der Waals surface area (Å²) >= 11 is 4.89. The molecule has 0 aliphatic heterocycles. The summed E-state index contributed by atoms with van der Waals surface area (Å²) < 4.78 is 2.50. The fraction of sp³-hybridized carbons (Fsp3) is 0.118. The van der Waals surface area contributed by atoms with E-state index in [1.807, 2.05) is 36.6 Å². The molecule has 0 spiro atoms. The molecule has 9 heteroatoms. The number of carbonyl (C=O) groups excluding carboxylic acids is 1. The highest BCUT2D eigenvalue weighted by atomic mass is 79.9. The number of hydrogen-bond acceptors (Lipinski definition) is 6. The Kier molecular flexibility index (Phi) is 4.48. The zero-order valence-corrected chi connectivity index (χ0v) is 16.1. The van der Waals surface area contributed by atoms with Gasteiger partial charge >= 0.3 is 0 Å². The van der Waals surface area contributed by atoms with E-state index in [0.717, 1.165) is 20.4 Å². The maximum atomic E-state index is 12.5. The Labute approximate surface area is 161 Å². The van der Waals surface area contributed by atoms with Crippen LogP contribution in [-0.2, 0) is 11.3 Å². The van der Waals surface area contributed by atoms with Crippen LogP contribution in [-0.4, -0.2) is 30.6 Å². The molecule has 0 unspecified atom stereocenters. The van der Waals surface area contributed by atoms with Gasteiger partial charge in [-0.25, -0.2) is 9.97 Å². The first kappa shape index (κ1) is 16.8. The lowest BCUT2D eigenvalue weighted by Gasteiger charge is -2.09. The lowest BCUT2D eigenvalue weighted by atomic mass is 10.3. The van der Waals surface area contributed by atoms with E-state index in [4.69, 9.17) is 0 Å². The number of nitrogens with zero attached hydrogens (tertiary/aromatic N) is 5. The van der Waals surface area contributed by atoms with Gasteiger partial charge < -0.3 is 5.32 Å². The Morgan fingerprint density at radius 1 is 1.31 bits per heavy atom. The van der Waals surface area contributed by atoms with Crippen LogP contribution >= 0.6 is 27.3 Å². The summed E-state index contributed by atoms with van der Waals surface area (Å²) in [6, 6.07) is 7.44. The molecule has 130 valence electrons. The van der Waals surface area contributed by atoms with Crippen molar-refractivity contribution in [2.75, 3.05) is 5.32 Å². The molecular formula is C17H13BrN6OS. The highest BCUT2D eigenvalue weighted by Crippen LogP contribution is 2.28. The Morgan fingerprint density at radius 2 is 2.19 bits per heavy atom. The molecule has 26 heavy (non-hydrogen) atoms. The smallest absolute Gasteiger partial charge is 0.247 e. The molecule has 0 saturated carbocycles. The second kappa shape index (κ2) is 6.93. The topological polar surface area (TPSA) is 85.6 Å². The zero-order chi connectivity index (χ0) is 18.1. The average molecular weight is 429 g/mol. The molecule has 4 heterocycles. The molecular weight excluding hydrogens is 416 g/mol. The van der Waals surface area contributed by atoms with Gasteiger partial charge in [0, 0.05) is 6.20 Å². The highest BCUT2D eigenvalue weighted by Gasteiger charge is 2.15. The number of thiophene rings is 1. The first-order valence-electron chi connectivity index (χ1n) is 7.76. The number of amides is 1. The molecule has 4 aromatic heterocycles. The van der Waals surface area contributed by atoms with E-state index in [1.165, 1.54) is 11.3 Å². The van der Waals surface area contributed by atoms with Crippen molar-refractivity contribution in [2.24, 2.45) is 0 Å². The molecule has 4 rings (SSSR count). The van der Waals surface area contributed by atoms with Crippen LogP contribution in [0.5, 0.6) is 0 Å². The third-order valence-corrected chi connectivity index (χ3v) is 5.40. The van der Waals surface area contributed by atoms with Crippen molar-refractivity contribution in [3.05, 3.63) is 52.2 Å². The predicted molar refractivity (Wildman–Crippen MR) is 104 cm³/mol. The number of anilines is 1. The lowest BCUT2D eigenvalue weighted by molar-refractivity contribution is -0.116. The lowest BCUT2D eigenvalue weighted by Crippen LogP contribution is -2.21. The number of fused-ring (bicyclic) bond motifs is 1. The molecule has 0 saturated heterocycles. The molecule has 1 N–H and O–H groups in total. The summed E-state index contributed by atoms with van der Waals surface area (Å²) in [6.07, 6.45) is 3.36. The van der Waals surface area contributed by atoms with Crippen molar-refractivity contribution >= 4 is 49.2 Å². The van der Waals surface area contributed by atoms with Crippen LogP contribution in [0.1, 0.15) is 5.69 Å². The fourth-order valence-corrected chi connectivity index (χ4v) is 3.51. The van der Waals surface area contributed by atoms with Crippen molar-refractivity contribution in [1.82, 2.24) is 24.7 Å². The number of nitrogens with one attached hydrogen (secondary N) is 1. The fourth-order valence-electron chi connectivity index (χ4n) is 2.45. The molecule has 0 aliphatic carbocycles. The minimum atomic E-state index is -0.207. The minimum absolute atomic E-state index is 0.103. The van der Waals surface area contributed by atoms with E-state index < -0.39 is 0 Å². The molecule has 0 radical (unpaired) electrons. The zero-order valence-electron chi connectivity index (χ0n) is 13.7. The predicted octanol–water partition coefficient (Wildman–Crippen LogP) is 3.66. The molecule has 0 fully saturated rings. The van der Waals surface area contributed by atoms with Gasteiger partial charge in [-0.1, -0.05) is 6.07 Å². The van der Waals surface area contributed by atoms with Gasteiger partial charge in [0.2, 0.25) is 5.91 Å². The van der Waals surface area contributed by atoms with Gasteiger partial charge in [-0.05, 0) is 46.4 Å². The Bertz CT molecular complexity index is 1090. The molecule has 0 aromatic carbocycles. The SMILES string of the molecule is Cc1c(Br)cnn1CC(=O)Nc1nc(-c2ccccn2)nc2sccc12. The summed E-state index contributed by atoms with van der Waals surface area (Å²) in [5.74, 6) is 0.751. The van der Waals surface area contributed by atoms with Crippen LogP contribution in [0.15, 0.2) is 46.5 Å². The summed E-state index contributed by atoms with van der Waals surface area (Å²) in [5, 5.41) is 9.79. The monoisotopic (exact) mass is 428 g/mol. The van der Waals surface area contributed by atoms with Crippen LogP contribution in [0.2, 0.25) is 0 Å². The van der Waals surface area contributed by atoms with Gasteiger partial charge in [0.25, 0.3) is 0 Å². The number of pyridine rings is 1. The molecule has 4 aromatic rings. The molecule has 1 amide bonds. The first-order valence-corrected chi connectivity index (χ1v) is 9.43. The Morgan fingerprint density at radius 3 is 2.92 bits per heavy atom. The largest absolute Gasteiger partial charge is 0.308 e. The van der Waals surface area contributed by atoms with Crippen molar-refractivity contribution in [2.45, 2.75) is 13.5 Å². The van der Waals surface area contributed by atoms with E-state index in [0.29, 0.717) is 17.3 Å². The van der Waals surface area contributed by atoms with E-state index in [-0.39, 0.29) is 12.5 Å². The number of hydrogen-bond donors (Lipinski definition) is 1. The number of aromatic nitrogens is 5. The Balaban J connectivity index is 1.66. The minimum Gasteiger partial charge on any atom is -0.308 e. The number of carbonyl (C=O) groups is 1. The maximum absolute atomic E-state index is 12.5. The van der Waals surface area contributed by atoms with E-state index >= 15 is 0 Å². The third-order valence-electron chi connectivity index (χ3n) is 3.81. The van der Waals surface area contributed by atoms with Crippen LogP contribution < -0.4 is 5.32 Å². The second-order valence-electron chi connectivity index (χ2n) is 5.53. The summed E-state index contributed by atoms with van der Waals surface area (Å²) in [5.41, 5.74) is 1.54. The number of halogens is 1. The molecule has 0 aliphatic rings. The average Bonchev–Trinajstić information content (AvgIpc) is 3.24. The summed E-state index contributed by atoms with van der Waals surface area (Å²) in [7, 11) is 0. The van der Waals surface area contributed by atoms with Gasteiger partial charge in [-0.2, -0.15) is 5.10 Å². The quantitative estimate of drug-likeness (QED) is 0.535. The molecule has 0 atom stereocenters. The Hall–Kier alpha value is -2.65. The van der Waals surface area contributed by atoms with E-state index in [2.05, 4.69) is 41.3 Å². The van der Waals surface area contributed by atoms with Gasteiger partial charge in [0.05, 0.1) is 21.7 Å². The summed E-state index contributed by atoms with van der Waals surface area (Å²) in [4.78, 5) is 26.6.